The maximum absolute atomic E-state index is 3.87. The monoisotopic (exact) mass is 372 g/mol. The summed E-state index contributed by atoms with van der Waals surface area (Å²) in [4.78, 5) is 5.08. The lowest BCUT2D eigenvalue weighted by atomic mass is 9.90. The zero-order chi connectivity index (χ0) is 18.2. The predicted octanol–water partition coefficient (Wildman–Crippen LogP) is 6.62. The van der Waals surface area contributed by atoms with Crippen LogP contribution in [0.2, 0.25) is 0 Å². The third kappa shape index (κ3) is 3.11. The number of fused-ring (bicyclic) bond motifs is 3. The van der Waals surface area contributed by atoms with Crippen LogP contribution in [-0.2, 0) is 6.42 Å². The number of aromatic amines is 1. The number of benzene rings is 2. The first-order valence-electron chi connectivity index (χ1n) is 9.79. The quantitative estimate of drug-likeness (QED) is 0.414. The highest BCUT2D eigenvalue weighted by molar-refractivity contribution is 7.13. The second-order valence-corrected chi connectivity index (χ2v) is 8.45. The number of hydrogen-bond acceptors (Lipinski definition) is 2. The zero-order valence-electron chi connectivity index (χ0n) is 15.5. The number of nitrogens with one attached hydrogen (secondary N) is 2. The first-order chi connectivity index (χ1) is 13.3. The van der Waals surface area contributed by atoms with Crippen molar-refractivity contribution in [2.45, 2.75) is 38.3 Å². The highest BCUT2D eigenvalue weighted by Crippen LogP contribution is 2.38. The Kier molecular flexibility index (Phi) is 4.35. The maximum atomic E-state index is 3.87. The molecule has 2 aromatic heterocycles. The molecule has 2 N–H and O–H groups in total. The molecule has 4 aromatic rings. The molecule has 0 saturated carbocycles. The van der Waals surface area contributed by atoms with Gasteiger partial charge in [0.1, 0.15) is 0 Å². The van der Waals surface area contributed by atoms with Gasteiger partial charge in [0.05, 0.1) is 0 Å². The summed E-state index contributed by atoms with van der Waals surface area (Å²) in [6.45, 7) is 2.27. The Hall–Kier alpha value is -2.36. The highest BCUT2D eigenvalue weighted by atomic mass is 32.1. The van der Waals surface area contributed by atoms with Gasteiger partial charge in [-0.3, -0.25) is 0 Å². The smallest absolute Gasteiger partial charge is 0.0480 e. The minimum Gasteiger partial charge on any atom is -0.357 e. The molecule has 1 aliphatic rings. The van der Waals surface area contributed by atoms with Gasteiger partial charge in [-0.05, 0) is 66.5 Å². The topological polar surface area (TPSA) is 27.8 Å². The average molecular weight is 373 g/mol. The Labute approximate surface area is 164 Å². The van der Waals surface area contributed by atoms with Crippen molar-refractivity contribution in [3.05, 3.63) is 82.9 Å². The van der Waals surface area contributed by atoms with Crippen molar-refractivity contribution in [3.8, 4) is 10.4 Å². The van der Waals surface area contributed by atoms with Gasteiger partial charge in [-0.15, -0.1) is 11.3 Å². The molecule has 2 aromatic carbocycles. The number of rotatable bonds is 4. The summed E-state index contributed by atoms with van der Waals surface area (Å²) < 4.78 is 0. The van der Waals surface area contributed by atoms with Crippen LogP contribution >= 0.6 is 11.3 Å². The summed E-state index contributed by atoms with van der Waals surface area (Å²) in [5, 5.41) is 7.41. The van der Waals surface area contributed by atoms with Crippen molar-refractivity contribution >= 4 is 22.2 Å². The Morgan fingerprint density at radius 1 is 1.07 bits per heavy atom. The van der Waals surface area contributed by atoms with Crippen LogP contribution in [0, 0.1) is 0 Å². The zero-order valence-corrected chi connectivity index (χ0v) is 16.4. The largest absolute Gasteiger partial charge is 0.357 e. The third-order valence-corrected chi connectivity index (χ3v) is 6.68. The molecule has 0 fully saturated rings. The van der Waals surface area contributed by atoms with Crippen molar-refractivity contribution in [1.82, 2.24) is 10.3 Å². The predicted molar refractivity (Wildman–Crippen MR) is 115 cm³/mol. The molecule has 2 heterocycles. The molecule has 0 aliphatic heterocycles. The van der Waals surface area contributed by atoms with E-state index in [1.165, 1.54) is 57.4 Å². The fraction of sp³-hybridized carbons (Fsp3) is 0.250. The fourth-order valence-electron chi connectivity index (χ4n) is 4.37. The van der Waals surface area contributed by atoms with Crippen molar-refractivity contribution in [2.75, 3.05) is 0 Å². The van der Waals surface area contributed by atoms with Crippen molar-refractivity contribution in [3.63, 3.8) is 0 Å². The first-order valence-corrected chi connectivity index (χ1v) is 10.7. The molecule has 5 rings (SSSR count). The van der Waals surface area contributed by atoms with E-state index in [4.69, 9.17) is 0 Å². The van der Waals surface area contributed by atoms with Crippen LogP contribution in [-0.4, -0.2) is 4.98 Å². The van der Waals surface area contributed by atoms with Crippen LogP contribution in [0.3, 0.4) is 0 Å². The van der Waals surface area contributed by atoms with Gasteiger partial charge in [-0.25, -0.2) is 0 Å². The molecule has 3 heteroatoms. The number of aromatic nitrogens is 1. The SMILES string of the molecule is CC(NC1CCCc2c1[nH]c1ccc(-c3cccs3)cc21)c1ccccc1. The maximum Gasteiger partial charge on any atom is 0.0480 e. The number of thiophene rings is 1. The highest BCUT2D eigenvalue weighted by Gasteiger charge is 2.25. The van der Waals surface area contributed by atoms with Gasteiger partial charge in [0.2, 0.25) is 0 Å². The van der Waals surface area contributed by atoms with Crippen LogP contribution in [0.1, 0.15) is 48.7 Å². The summed E-state index contributed by atoms with van der Waals surface area (Å²) >= 11 is 1.81. The standard InChI is InChI=1S/C24H24N2S/c1-16(17-7-3-2-4-8-17)25-22-10-5-9-19-20-15-18(23-11-6-14-27-23)12-13-21(20)26-24(19)22/h2-4,6-8,11-16,22,25-26H,5,9-10H2,1H3. The summed E-state index contributed by atoms with van der Waals surface area (Å²) in [5.41, 5.74) is 6.84. The second-order valence-electron chi connectivity index (χ2n) is 7.50. The Balaban J connectivity index is 1.49. The summed E-state index contributed by atoms with van der Waals surface area (Å²) in [5.74, 6) is 0. The van der Waals surface area contributed by atoms with E-state index in [0.29, 0.717) is 12.1 Å². The molecule has 0 bridgehead atoms. The second kappa shape index (κ2) is 6.99. The van der Waals surface area contributed by atoms with Gasteiger partial charge in [0.15, 0.2) is 0 Å². The minimum absolute atomic E-state index is 0.343. The van der Waals surface area contributed by atoms with E-state index in [2.05, 4.69) is 83.3 Å². The summed E-state index contributed by atoms with van der Waals surface area (Å²) in [7, 11) is 0. The van der Waals surface area contributed by atoms with Gasteiger partial charge in [-0.1, -0.05) is 42.5 Å². The van der Waals surface area contributed by atoms with E-state index in [9.17, 15) is 0 Å². The fourth-order valence-corrected chi connectivity index (χ4v) is 5.09. The van der Waals surface area contributed by atoms with Gasteiger partial charge < -0.3 is 10.3 Å². The third-order valence-electron chi connectivity index (χ3n) is 5.76. The Morgan fingerprint density at radius 2 is 1.96 bits per heavy atom. The minimum atomic E-state index is 0.343. The molecule has 2 unspecified atom stereocenters. The first kappa shape index (κ1) is 16.8. The van der Waals surface area contributed by atoms with Gasteiger partial charge in [0, 0.05) is 33.6 Å². The van der Waals surface area contributed by atoms with Crippen LogP contribution in [0.4, 0.5) is 0 Å². The van der Waals surface area contributed by atoms with Crippen molar-refractivity contribution in [1.29, 1.82) is 0 Å². The molecule has 2 atom stereocenters. The van der Waals surface area contributed by atoms with Crippen LogP contribution < -0.4 is 5.32 Å². The molecule has 0 spiro atoms. The average Bonchev–Trinajstić information content (AvgIpc) is 3.37. The van der Waals surface area contributed by atoms with Crippen LogP contribution in [0.15, 0.2) is 66.0 Å². The van der Waals surface area contributed by atoms with Gasteiger partial charge in [-0.2, -0.15) is 0 Å². The normalized spacial score (nSPS) is 17.7. The molecule has 136 valence electrons. The van der Waals surface area contributed by atoms with Crippen LogP contribution in [0.5, 0.6) is 0 Å². The molecule has 27 heavy (non-hydrogen) atoms. The molecule has 0 amide bonds. The molecule has 2 nitrogen and oxygen atoms in total. The van der Waals surface area contributed by atoms with Gasteiger partial charge >= 0.3 is 0 Å². The van der Waals surface area contributed by atoms with E-state index in [1.807, 2.05) is 11.3 Å². The summed E-state index contributed by atoms with van der Waals surface area (Å²) in [6, 6.07) is 22.7. The lowest BCUT2D eigenvalue weighted by molar-refractivity contribution is 0.410. The van der Waals surface area contributed by atoms with Crippen molar-refractivity contribution in [2.24, 2.45) is 0 Å². The van der Waals surface area contributed by atoms with Crippen molar-refractivity contribution < 1.29 is 0 Å². The van der Waals surface area contributed by atoms with E-state index in [-0.39, 0.29) is 0 Å². The van der Waals surface area contributed by atoms with Gasteiger partial charge in [0.25, 0.3) is 0 Å². The van der Waals surface area contributed by atoms with E-state index in [1.54, 1.807) is 0 Å². The summed E-state index contributed by atoms with van der Waals surface area (Å²) in [6.07, 6.45) is 3.60. The van der Waals surface area contributed by atoms with E-state index < -0.39 is 0 Å². The number of aryl methyl sites for hydroxylation is 1. The Bertz CT molecular complexity index is 1050. The molecular formula is C24H24N2S. The Morgan fingerprint density at radius 3 is 2.78 bits per heavy atom. The number of H-pyrrole nitrogens is 1. The number of hydrogen-bond donors (Lipinski definition) is 2. The lowest BCUT2D eigenvalue weighted by Crippen LogP contribution is -2.27. The van der Waals surface area contributed by atoms with Crippen LogP contribution in [0.25, 0.3) is 21.3 Å². The molecular weight excluding hydrogens is 348 g/mol. The van der Waals surface area contributed by atoms with E-state index >= 15 is 0 Å². The molecule has 0 saturated heterocycles. The lowest BCUT2D eigenvalue weighted by Gasteiger charge is -2.27. The molecule has 0 radical (unpaired) electrons. The molecule has 1 aliphatic carbocycles. The van der Waals surface area contributed by atoms with E-state index in [0.717, 1.165) is 0 Å².